The van der Waals surface area contributed by atoms with E-state index >= 15 is 0 Å². The molecule has 6 heteroatoms. The Labute approximate surface area is 132 Å². The summed E-state index contributed by atoms with van der Waals surface area (Å²) < 4.78 is 0.922. The zero-order valence-corrected chi connectivity index (χ0v) is 13.5. The minimum atomic E-state index is -0.740. The van der Waals surface area contributed by atoms with E-state index in [1.165, 1.54) is 6.42 Å². The van der Waals surface area contributed by atoms with E-state index in [1.807, 2.05) is 19.1 Å². The number of hydrogen-bond donors (Lipinski definition) is 2. The van der Waals surface area contributed by atoms with E-state index < -0.39 is 11.8 Å². The highest BCUT2D eigenvalue weighted by Gasteiger charge is 2.15. The Balaban J connectivity index is 1.91. The first kappa shape index (κ1) is 15.7. The Morgan fingerprint density at radius 1 is 1.14 bits per heavy atom. The number of anilines is 1. The number of hydrazone groups is 1. The van der Waals surface area contributed by atoms with Crippen LogP contribution < -0.4 is 10.7 Å². The Morgan fingerprint density at radius 2 is 1.86 bits per heavy atom. The number of carbonyl (C=O) groups excluding carboxylic acids is 2. The van der Waals surface area contributed by atoms with E-state index in [9.17, 15) is 9.59 Å². The van der Waals surface area contributed by atoms with Crippen LogP contribution in [0.3, 0.4) is 0 Å². The second-order valence-corrected chi connectivity index (χ2v) is 6.01. The summed E-state index contributed by atoms with van der Waals surface area (Å²) >= 11 is 3.35. The molecule has 0 radical (unpaired) electrons. The summed E-state index contributed by atoms with van der Waals surface area (Å²) in [5.74, 6) is -1.45. The van der Waals surface area contributed by atoms with Crippen LogP contribution in [0.1, 0.15) is 37.7 Å². The predicted molar refractivity (Wildman–Crippen MR) is 86.2 cm³/mol. The van der Waals surface area contributed by atoms with Crippen molar-refractivity contribution < 1.29 is 9.59 Å². The van der Waals surface area contributed by atoms with Gasteiger partial charge in [0.05, 0.1) is 0 Å². The summed E-state index contributed by atoms with van der Waals surface area (Å²) in [7, 11) is 0. The Kier molecular flexibility index (Phi) is 5.50. The average Bonchev–Trinajstić information content (AvgIpc) is 2.48. The van der Waals surface area contributed by atoms with E-state index in [2.05, 4.69) is 31.8 Å². The molecule has 1 aliphatic carbocycles. The fraction of sp³-hybridized carbons (Fsp3) is 0.400. The zero-order chi connectivity index (χ0) is 15.2. The fourth-order valence-electron chi connectivity index (χ4n) is 2.20. The number of nitrogens with one attached hydrogen (secondary N) is 2. The highest BCUT2D eigenvalue weighted by Crippen LogP contribution is 2.19. The van der Waals surface area contributed by atoms with Crippen LogP contribution in [-0.2, 0) is 9.59 Å². The normalized spacial score (nSPS) is 14.5. The molecule has 1 fully saturated rings. The van der Waals surface area contributed by atoms with Gasteiger partial charge in [0.1, 0.15) is 0 Å². The molecule has 0 saturated heterocycles. The zero-order valence-electron chi connectivity index (χ0n) is 11.9. The number of halogens is 1. The van der Waals surface area contributed by atoms with Crippen molar-refractivity contribution in [3.8, 4) is 0 Å². The number of amides is 2. The summed E-state index contributed by atoms with van der Waals surface area (Å²) in [6.45, 7) is 1.86. The smallest absolute Gasteiger partial charge is 0.317 e. The third-order valence-electron chi connectivity index (χ3n) is 3.39. The van der Waals surface area contributed by atoms with Crippen molar-refractivity contribution in [3.63, 3.8) is 0 Å². The lowest BCUT2D eigenvalue weighted by Crippen LogP contribution is -2.33. The van der Waals surface area contributed by atoms with Crippen molar-refractivity contribution in [1.82, 2.24) is 5.43 Å². The molecule has 0 heterocycles. The average molecular weight is 352 g/mol. The molecule has 2 amide bonds. The highest BCUT2D eigenvalue weighted by atomic mass is 79.9. The molecule has 0 aliphatic heterocycles. The number of nitrogens with zero attached hydrogens (tertiary/aromatic N) is 1. The second-order valence-electron chi connectivity index (χ2n) is 5.09. The van der Waals surface area contributed by atoms with Crippen LogP contribution >= 0.6 is 15.9 Å². The highest BCUT2D eigenvalue weighted by molar-refractivity contribution is 9.10. The van der Waals surface area contributed by atoms with Gasteiger partial charge in [0, 0.05) is 15.9 Å². The van der Waals surface area contributed by atoms with Crippen LogP contribution in [-0.4, -0.2) is 17.5 Å². The van der Waals surface area contributed by atoms with Crippen LogP contribution in [0.5, 0.6) is 0 Å². The third kappa shape index (κ3) is 4.67. The van der Waals surface area contributed by atoms with Gasteiger partial charge in [-0.2, -0.15) is 5.10 Å². The van der Waals surface area contributed by atoms with Gasteiger partial charge in [-0.05, 0) is 56.4 Å². The van der Waals surface area contributed by atoms with Crippen molar-refractivity contribution in [1.29, 1.82) is 0 Å². The van der Waals surface area contributed by atoms with Crippen molar-refractivity contribution >= 4 is 39.1 Å². The first-order chi connectivity index (χ1) is 10.1. The topological polar surface area (TPSA) is 70.6 Å². The van der Waals surface area contributed by atoms with Crippen LogP contribution in [0.2, 0.25) is 0 Å². The Morgan fingerprint density at radius 3 is 2.52 bits per heavy atom. The van der Waals surface area contributed by atoms with Crippen LogP contribution in [0, 0.1) is 6.92 Å². The second kappa shape index (κ2) is 7.36. The lowest BCUT2D eigenvalue weighted by Gasteiger charge is -2.12. The van der Waals surface area contributed by atoms with Gasteiger partial charge in [0.2, 0.25) is 0 Å². The lowest BCUT2D eigenvalue weighted by atomic mass is 9.99. The molecule has 0 spiro atoms. The minimum Gasteiger partial charge on any atom is -0.317 e. The number of carbonyl (C=O) groups is 2. The monoisotopic (exact) mass is 351 g/mol. The SMILES string of the molecule is Cc1cc(Br)ccc1NC(=O)C(=O)NN=C1CCCCC1. The molecule has 0 aromatic heterocycles. The molecular formula is C15H18BrN3O2. The summed E-state index contributed by atoms with van der Waals surface area (Å²) in [6.07, 6.45) is 5.19. The molecule has 0 bridgehead atoms. The third-order valence-corrected chi connectivity index (χ3v) is 3.88. The van der Waals surface area contributed by atoms with Gasteiger partial charge in [-0.3, -0.25) is 9.59 Å². The predicted octanol–water partition coefficient (Wildman–Crippen LogP) is 3.13. The van der Waals surface area contributed by atoms with E-state index in [0.717, 1.165) is 41.4 Å². The Bertz CT molecular complexity index is 576. The van der Waals surface area contributed by atoms with Gasteiger partial charge < -0.3 is 5.32 Å². The van der Waals surface area contributed by atoms with Gasteiger partial charge in [-0.25, -0.2) is 5.43 Å². The number of aryl methyl sites for hydroxylation is 1. The van der Waals surface area contributed by atoms with Crippen molar-refractivity contribution in [2.75, 3.05) is 5.32 Å². The summed E-state index contributed by atoms with van der Waals surface area (Å²) in [5.41, 5.74) is 4.78. The lowest BCUT2D eigenvalue weighted by molar-refractivity contribution is -0.136. The molecule has 2 rings (SSSR count). The fourth-order valence-corrected chi connectivity index (χ4v) is 2.67. The maximum Gasteiger partial charge on any atom is 0.329 e. The van der Waals surface area contributed by atoms with Crippen molar-refractivity contribution in [2.45, 2.75) is 39.0 Å². The quantitative estimate of drug-likeness (QED) is 0.634. The largest absolute Gasteiger partial charge is 0.329 e. The summed E-state index contributed by atoms with van der Waals surface area (Å²) in [4.78, 5) is 23.5. The number of rotatable bonds is 2. The molecule has 0 unspecified atom stereocenters. The first-order valence-corrected chi connectivity index (χ1v) is 7.78. The first-order valence-electron chi connectivity index (χ1n) is 6.99. The molecule has 2 N–H and O–H groups in total. The maximum absolute atomic E-state index is 11.8. The van der Waals surface area contributed by atoms with E-state index in [-0.39, 0.29) is 0 Å². The molecule has 21 heavy (non-hydrogen) atoms. The molecule has 5 nitrogen and oxygen atoms in total. The van der Waals surface area contributed by atoms with E-state index in [4.69, 9.17) is 0 Å². The summed E-state index contributed by atoms with van der Waals surface area (Å²) in [5, 5.41) is 6.61. The number of benzene rings is 1. The van der Waals surface area contributed by atoms with Gasteiger partial charge in [-0.15, -0.1) is 0 Å². The number of hydrogen-bond acceptors (Lipinski definition) is 3. The van der Waals surface area contributed by atoms with Crippen molar-refractivity contribution in [3.05, 3.63) is 28.2 Å². The van der Waals surface area contributed by atoms with Crippen LogP contribution in [0.4, 0.5) is 5.69 Å². The molecule has 112 valence electrons. The molecular weight excluding hydrogens is 334 g/mol. The molecule has 1 aliphatic rings. The summed E-state index contributed by atoms with van der Waals surface area (Å²) in [6, 6.07) is 5.43. The van der Waals surface area contributed by atoms with Crippen LogP contribution in [0.15, 0.2) is 27.8 Å². The molecule has 0 atom stereocenters. The van der Waals surface area contributed by atoms with Gasteiger partial charge in [-0.1, -0.05) is 22.4 Å². The maximum atomic E-state index is 11.8. The van der Waals surface area contributed by atoms with Gasteiger partial charge >= 0.3 is 11.8 Å². The van der Waals surface area contributed by atoms with Gasteiger partial charge in [0.15, 0.2) is 0 Å². The standard InChI is InChI=1S/C15H18BrN3O2/c1-10-9-11(16)7-8-13(10)17-14(20)15(21)19-18-12-5-3-2-4-6-12/h7-9H,2-6H2,1H3,(H,17,20)(H,19,21). The molecule has 1 aromatic carbocycles. The molecule has 1 aromatic rings. The van der Waals surface area contributed by atoms with E-state index in [1.54, 1.807) is 6.07 Å². The Hall–Kier alpha value is -1.69. The minimum absolute atomic E-state index is 0.615. The molecule has 1 saturated carbocycles. The van der Waals surface area contributed by atoms with Gasteiger partial charge in [0.25, 0.3) is 0 Å². The van der Waals surface area contributed by atoms with Crippen molar-refractivity contribution in [2.24, 2.45) is 5.10 Å². The van der Waals surface area contributed by atoms with Crippen LogP contribution in [0.25, 0.3) is 0 Å². The van der Waals surface area contributed by atoms with E-state index in [0.29, 0.717) is 5.69 Å².